The number of amides is 1. The van der Waals surface area contributed by atoms with E-state index in [9.17, 15) is 4.79 Å². The Bertz CT molecular complexity index is 678. The second kappa shape index (κ2) is 10.4. The number of nitrogen functional groups attached to an aromatic ring is 1. The zero-order valence-electron chi connectivity index (χ0n) is 14.5. The number of ether oxygens (including phenoxy) is 2. The summed E-state index contributed by atoms with van der Waals surface area (Å²) in [5.41, 5.74) is 6.61. The molecule has 25 heavy (non-hydrogen) atoms. The van der Waals surface area contributed by atoms with Crippen LogP contribution in [0.4, 0.5) is 11.5 Å². The average molecular weight is 366 g/mol. The molecule has 136 valence electrons. The number of hydrogen-bond acceptors (Lipinski definition) is 5. The lowest BCUT2D eigenvalue weighted by molar-refractivity contribution is 0.102. The standard InChI is InChI=1S/C18H23N3O3.ClH/c1-3-9-23-15-7-5-13(11-16(15)24-10-4-2)18(22)21-14-6-8-17(19)20-12-14;/h5-8,11-12H,3-4,9-10H2,1-2H3,(H2,19,20)(H,21,22);1H. The zero-order valence-corrected chi connectivity index (χ0v) is 15.3. The summed E-state index contributed by atoms with van der Waals surface area (Å²) in [5, 5.41) is 2.78. The Morgan fingerprint density at radius 1 is 1.08 bits per heavy atom. The van der Waals surface area contributed by atoms with Crippen LogP contribution in [-0.4, -0.2) is 24.1 Å². The fourth-order valence-corrected chi connectivity index (χ4v) is 1.99. The van der Waals surface area contributed by atoms with Gasteiger partial charge in [0.25, 0.3) is 5.91 Å². The van der Waals surface area contributed by atoms with Crippen LogP contribution in [0.5, 0.6) is 11.5 Å². The molecule has 0 aliphatic rings. The van der Waals surface area contributed by atoms with Crippen molar-refractivity contribution in [1.82, 2.24) is 4.98 Å². The van der Waals surface area contributed by atoms with E-state index in [-0.39, 0.29) is 18.3 Å². The van der Waals surface area contributed by atoms with E-state index in [0.29, 0.717) is 41.8 Å². The molecule has 0 radical (unpaired) electrons. The first kappa shape index (κ1) is 20.6. The van der Waals surface area contributed by atoms with Gasteiger partial charge in [0.2, 0.25) is 0 Å². The number of carbonyl (C=O) groups excluding carboxylic acids is 1. The molecule has 2 aromatic rings. The summed E-state index contributed by atoms with van der Waals surface area (Å²) in [6.07, 6.45) is 3.29. The monoisotopic (exact) mass is 365 g/mol. The molecular weight excluding hydrogens is 342 g/mol. The van der Waals surface area contributed by atoms with Crippen LogP contribution >= 0.6 is 12.4 Å². The number of rotatable bonds is 8. The number of nitrogens with zero attached hydrogens (tertiary/aromatic N) is 1. The van der Waals surface area contributed by atoms with Crippen LogP contribution in [0.25, 0.3) is 0 Å². The third-order valence-corrected chi connectivity index (χ3v) is 3.17. The zero-order chi connectivity index (χ0) is 17.4. The van der Waals surface area contributed by atoms with Gasteiger partial charge in [-0.3, -0.25) is 4.79 Å². The van der Waals surface area contributed by atoms with Gasteiger partial charge in [0.1, 0.15) is 5.82 Å². The Labute approximate surface area is 154 Å². The maximum Gasteiger partial charge on any atom is 0.255 e. The van der Waals surface area contributed by atoms with Gasteiger partial charge in [0, 0.05) is 5.56 Å². The Morgan fingerprint density at radius 3 is 2.36 bits per heavy atom. The number of aromatic nitrogens is 1. The highest BCUT2D eigenvalue weighted by molar-refractivity contribution is 6.04. The molecule has 0 saturated heterocycles. The third kappa shape index (κ3) is 6.15. The second-order valence-electron chi connectivity index (χ2n) is 5.28. The predicted octanol–water partition coefficient (Wildman–Crippen LogP) is 3.92. The number of pyridine rings is 1. The van der Waals surface area contributed by atoms with Crippen LogP contribution in [0.15, 0.2) is 36.5 Å². The van der Waals surface area contributed by atoms with Gasteiger partial charge in [-0.15, -0.1) is 12.4 Å². The molecular formula is C18H24ClN3O3. The summed E-state index contributed by atoms with van der Waals surface area (Å²) >= 11 is 0. The van der Waals surface area contributed by atoms with Crippen LogP contribution in [0.3, 0.4) is 0 Å². The number of halogens is 1. The minimum atomic E-state index is -0.245. The highest BCUT2D eigenvalue weighted by Crippen LogP contribution is 2.29. The van der Waals surface area contributed by atoms with E-state index >= 15 is 0 Å². The van der Waals surface area contributed by atoms with Crippen LogP contribution in [-0.2, 0) is 0 Å². The van der Waals surface area contributed by atoms with Crippen LogP contribution in [0, 0.1) is 0 Å². The van der Waals surface area contributed by atoms with Crippen molar-refractivity contribution in [3.63, 3.8) is 0 Å². The van der Waals surface area contributed by atoms with Gasteiger partial charge in [-0.05, 0) is 43.2 Å². The number of nitrogens with two attached hydrogens (primary N) is 1. The largest absolute Gasteiger partial charge is 0.490 e. The van der Waals surface area contributed by atoms with Crippen molar-refractivity contribution in [2.24, 2.45) is 0 Å². The summed E-state index contributed by atoms with van der Waals surface area (Å²) < 4.78 is 11.4. The van der Waals surface area contributed by atoms with Gasteiger partial charge >= 0.3 is 0 Å². The van der Waals surface area contributed by atoms with Crippen molar-refractivity contribution < 1.29 is 14.3 Å². The Hall–Kier alpha value is -2.47. The second-order valence-corrected chi connectivity index (χ2v) is 5.28. The molecule has 0 saturated carbocycles. The van der Waals surface area contributed by atoms with Crippen LogP contribution in [0.2, 0.25) is 0 Å². The summed E-state index contributed by atoms with van der Waals surface area (Å²) in [5.74, 6) is 1.38. The third-order valence-electron chi connectivity index (χ3n) is 3.17. The highest BCUT2D eigenvalue weighted by Gasteiger charge is 2.12. The Morgan fingerprint density at radius 2 is 1.76 bits per heavy atom. The van der Waals surface area contributed by atoms with Crippen molar-refractivity contribution in [3.05, 3.63) is 42.1 Å². The van der Waals surface area contributed by atoms with Gasteiger partial charge < -0.3 is 20.5 Å². The number of anilines is 2. The van der Waals surface area contributed by atoms with E-state index in [0.717, 1.165) is 12.8 Å². The number of nitrogens with one attached hydrogen (secondary N) is 1. The van der Waals surface area contributed by atoms with E-state index in [4.69, 9.17) is 15.2 Å². The SMILES string of the molecule is CCCOc1ccc(C(=O)Nc2ccc(N)nc2)cc1OCCC.Cl. The molecule has 3 N–H and O–H groups in total. The fourth-order valence-electron chi connectivity index (χ4n) is 1.99. The van der Waals surface area contributed by atoms with Crippen molar-refractivity contribution in [2.45, 2.75) is 26.7 Å². The minimum absolute atomic E-state index is 0. The molecule has 0 spiro atoms. The first-order chi connectivity index (χ1) is 11.6. The quantitative estimate of drug-likeness (QED) is 0.740. The molecule has 1 aromatic heterocycles. The van der Waals surface area contributed by atoms with Gasteiger partial charge in [0.05, 0.1) is 25.1 Å². The molecule has 0 bridgehead atoms. The first-order valence-electron chi connectivity index (χ1n) is 8.06. The molecule has 1 amide bonds. The van der Waals surface area contributed by atoms with E-state index in [1.165, 1.54) is 6.20 Å². The van der Waals surface area contributed by atoms with Gasteiger partial charge in [-0.1, -0.05) is 13.8 Å². The smallest absolute Gasteiger partial charge is 0.255 e. The van der Waals surface area contributed by atoms with Gasteiger partial charge in [-0.25, -0.2) is 4.98 Å². The lowest BCUT2D eigenvalue weighted by atomic mass is 10.2. The molecule has 0 aliphatic heterocycles. The van der Waals surface area contributed by atoms with Crippen molar-refractivity contribution >= 4 is 29.8 Å². The van der Waals surface area contributed by atoms with Crippen molar-refractivity contribution in [1.29, 1.82) is 0 Å². The molecule has 0 unspecified atom stereocenters. The minimum Gasteiger partial charge on any atom is -0.490 e. The van der Waals surface area contributed by atoms with E-state index in [2.05, 4.69) is 10.3 Å². The van der Waals surface area contributed by atoms with E-state index < -0.39 is 0 Å². The molecule has 7 heteroatoms. The van der Waals surface area contributed by atoms with Gasteiger partial charge in [0.15, 0.2) is 11.5 Å². The summed E-state index contributed by atoms with van der Waals surface area (Å²) in [6.45, 7) is 5.23. The van der Waals surface area contributed by atoms with E-state index in [1.807, 2.05) is 13.8 Å². The maximum atomic E-state index is 12.4. The van der Waals surface area contributed by atoms with Crippen LogP contribution < -0.4 is 20.5 Å². The lowest BCUT2D eigenvalue weighted by Gasteiger charge is -2.13. The maximum absolute atomic E-state index is 12.4. The lowest BCUT2D eigenvalue weighted by Crippen LogP contribution is -2.13. The normalized spacial score (nSPS) is 9.84. The molecule has 1 aromatic carbocycles. The van der Waals surface area contributed by atoms with E-state index in [1.54, 1.807) is 30.3 Å². The summed E-state index contributed by atoms with van der Waals surface area (Å²) in [6, 6.07) is 8.50. The molecule has 0 fully saturated rings. The number of hydrogen-bond donors (Lipinski definition) is 2. The Balaban J connectivity index is 0.00000312. The molecule has 0 aliphatic carbocycles. The summed E-state index contributed by atoms with van der Waals surface area (Å²) in [7, 11) is 0. The van der Waals surface area contributed by atoms with Gasteiger partial charge in [-0.2, -0.15) is 0 Å². The van der Waals surface area contributed by atoms with Crippen molar-refractivity contribution in [3.8, 4) is 11.5 Å². The first-order valence-corrected chi connectivity index (χ1v) is 8.06. The highest BCUT2D eigenvalue weighted by atomic mass is 35.5. The molecule has 2 rings (SSSR count). The average Bonchev–Trinajstić information content (AvgIpc) is 2.60. The summed E-state index contributed by atoms with van der Waals surface area (Å²) in [4.78, 5) is 16.3. The predicted molar refractivity (Wildman–Crippen MR) is 102 cm³/mol. The molecule has 0 atom stereocenters. The molecule has 1 heterocycles. The number of benzene rings is 1. The fraction of sp³-hybridized carbons (Fsp3) is 0.333. The molecule has 6 nitrogen and oxygen atoms in total. The Kier molecular flexibility index (Phi) is 8.56. The number of carbonyl (C=O) groups is 1. The van der Waals surface area contributed by atoms with Crippen LogP contribution in [0.1, 0.15) is 37.0 Å². The van der Waals surface area contributed by atoms with Crippen molar-refractivity contribution in [2.75, 3.05) is 24.3 Å². The topological polar surface area (TPSA) is 86.5 Å².